The van der Waals surface area contributed by atoms with Crippen molar-refractivity contribution in [3.63, 3.8) is 0 Å². The third-order valence-electron chi connectivity index (χ3n) is 3.03. The van der Waals surface area contributed by atoms with Gasteiger partial charge in [0.15, 0.2) is 0 Å². The lowest BCUT2D eigenvalue weighted by atomic mass is 10.1. The van der Waals surface area contributed by atoms with Gasteiger partial charge in [-0.2, -0.15) is 0 Å². The summed E-state index contributed by atoms with van der Waals surface area (Å²) in [5.41, 5.74) is 6.84. The quantitative estimate of drug-likeness (QED) is 0.841. The van der Waals surface area contributed by atoms with Gasteiger partial charge < -0.3 is 20.5 Å². The fourth-order valence-electron chi connectivity index (χ4n) is 1.98. The van der Waals surface area contributed by atoms with E-state index in [9.17, 15) is 9.59 Å². The zero-order chi connectivity index (χ0) is 17.6. The normalized spacial score (nSPS) is 12.4. The molecule has 0 aliphatic heterocycles. The number of primary amides is 1. The smallest absolute Gasteiger partial charge is 0.408 e. The van der Waals surface area contributed by atoms with Crippen LogP contribution < -0.4 is 15.8 Å². The maximum Gasteiger partial charge on any atom is 0.408 e. The second-order valence-corrected chi connectivity index (χ2v) is 6.51. The summed E-state index contributed by atoms with van der Waals surface area (Å²) in [4.78, 5) is 23.2. The molecular formula is C17H26N2O4. The minimum Gasteiger partial charge on any atom is -0.493 e. The second kappa shape index (κ2) is 7.85. The van der Waals surface area contributed by atoms with Crippen LogP contribution in [0.15, 0.2) is 18.2 Å². The Balaban J connectivity index is 2.53. The van der Waals surface area contributed by atoms with Crippen LogP contribution >= 0.6 is 0 Å². The van der Waals surface area contributed by atoms with E-state index >= 15 is 0 Å². The summed E-state index contributed by atoms with van der Waals surface area (Å²) in [5, 5.41) is 2.47. The lowest BCUT2D eigenvalue weighted by molar-refractivity contribution is -0.120. The summed E-state index contributed by atoms with van der Waals surface area (Å²) in [6.07, 6.45) is -0.408. The van der Waals surface area contributed by atoms with Crippen molar-refractivity contribution >= 4 is 12.0 Å². The number of hydrogen-bond acceptors (Lipinski definition) is 4. The molecule has 0 spiro atoms. The van der Waals surface area contributed by atoms with Crippen LogP contribution in [0.2, 0.25) is 0 Å². The molecule has 1 rings (SSSR count). The molecule has 23 heavy (non-hydrogen) atoms. The van der Waals surface area contributed by atoms with Gasteiger partial charge >= 0.3 is 6.09 Å². The minimum atomic E-state index is -0.837. The third kappa shape index (κ3) is 7.04. The van der Waals surface area contributed by atoms with Crippen molar-refractivity contribution in [1.29, 1.82) is 0 Å². The monoisotopic (exact) mass is 322 g/mol. The molecule has 0 saturated carbocycles. The zero-order valence-corrected chi connectivity index (χ0v) is 14.4. The molecule has 1 aromatic carbocycles. The van der Waals surface area contributed by atoms with Gasteiger partial charge in [0, 0.05) is 6.42 Å². The standard InChI is InChI=1S/C17H26N2O4/c1-11-6-7-14(12(2)10-11)22-9-8-13(15(18)20)19-16(21)23-17(3,4)5/h6-7,10,13H,8-9H2,1-5H3,(H2,18,20)(H,19,21). The summed E-state index contributed by atoms with van der Waals surface area (Å²) in [6, 6.07) is 5.01. The maximum absolute atomic E-state index is 11.7. The van der Waals surface area contributed by atoms with Crippen molar-refractivity contribution in [2.75, 3.05) is 6.61 Å². The Hall–Kier alpha value is -2.24. The highest BCUT2D eigenvalue weighted by atomic mass is 16.6. The van der Waals surface area contributed by atoms with Crippen LogP contribution in [0.5, 0.6) is 5.75 Å². The first-order valence-corrected chi connectivity index (χ1v) is 7.57. The molecule has 0 fully saturated rings. The van der Waals surface area contributed by atoms with Crippen molar-refractivity contribution in [2.45, 2.75) is 52.7 Å². The first-order chi connectivity index (χ1) is 10.6. The van der Waals surface area contributed by atoms with Crippen LogP contribution in [0.3, 0.4) is 0 Å². The van der Waals surface area contributed by atoms with Crippen molar-refractivity contribution in [3.8, 4) is 5.75 Å². The van der Waals surface area contributed by atoms with Crippen molar-refractivity contribution < 1.29 is 19.1 Å². The molecule has 1 aromatic rings. The fourth-order valence-corrected chi connectivity index (χ4v) is 1.98. The van der Waals surface area contributed by atoms with Gasteiger partial charge in [-0.05, 0) is 46.2 Å². The number of benzene rings is 1. The summed E-state index contributed by atoms with van der Waals surface area (Å²) in [7, 11) is 0. The Morgan fingerprint density at radius 1 is 1.26 bits per heavy atom. The molecule has 6 heteroatoms. The van der Waals surface area contributed by atoms with E-state index in [0.717, 1.165) is 16.9 Å². The van der Waals surface area contributed by atoms with E-state index in [1.807, 2.05) is 32.0 Å². The number of rotatable bonds is 6. The highest BCUT2D eigenvalue weighted by molar-refractivity contribution is 5.84. The average molecular weight is 322 g/mol. The summed E-state index contributed by atoms with van der Waals surface area (Å²) in [5.74, 6) is 0.121. The molecule has 0 bridgehead atoms. The first-order valence-electron chi connectivity index (χ1n) is 7.57. The molecule has 0 aromatic heterocycles. The summed E-state index contributed by atoms with van der Waals surface area (Å²) in [6.45, 7) is 9.45. The van der Waals surface area contributed by atoms with Crippen LogP contribution in [0.4, 0.5) is 4.79 Å². The number of aryl methyl sites for hydroxylation is 2. The van der Waals surface area contributed by atoms with Crippen LogP contribution in [0.25, 0.3) is 0 Å². The molecule has 128 valence electrons. The SMILES string of the molecule is Cc1ccc(OCCC(NC(=O)OC(C)(C)C)C(N)=O)c(C)c1. The molecule has 1 unspecified atom stereocenters. The summed E-state index contributed by atoms with van der Waals surface area (Å²) < 4.78 is 10.8. The molecule has 0 aliphatic carbocycles. The van der Waals surface area contributed by atoms with E-state index in [1.165, 1.54) is 0 Å². The van der Waals surface area contributed by atoms with E-state index in [1.54, 1.807) is 20.8 Å². The van der Waals surface area contributed by atoms with Gasteiger partial charge in [0.25, 0.3) is 0 Å². The number of alkyl carbamates (subject to hydrolysis) is 1. The molecule has 1 atom stereocenters. The highest BCUT2D eigenvalue weighted by Gasteiger charge is 2.22. The number of nitrogens with two attached hydrogens (primary N) is 1. The number of hydrogen-bond donors (Lipinski definition) is 2. The molecule has 0 saturated heterocycles. The topological polar surface area (TPSA) is 90.7 Å². The van der Waals surface area contributed by atoms with E-state index in [4.69, 9.17) is 15.2 Å². The first kappa shape index (κ1) is 18.8. The maximum atomic E-state index is 11.7. The van der Waals surface area contributed by atoms with Gasteiger partial charge in [-0.3, -0.25) is 4.79 Å². The average Bonchev–Trinajstić information content (AvgIpc) is 2.37. The predicted octanol–water partition coefficient (Wildman–Crippen LogP) is 2.45. The van der Waals surface area contributed by atoms with Crippen molar-refractivity contribution in [1.82, 2.24) is 5.32 Å². The molecule has 2 amide bonds. The number of carbonyl (C=O) groups is 2. The Bertz CT molecular complexity index is 564. The van der Waals surface area contributed by atoms with Crippen LogP contribution in [-0.4, -0.2) is 30.3 Å². The summed E-state index contributed by atoms with van der Waals surface area (Å²) >= 11 is 0. The van der Waals surface area contributed by atoms with E-state index in [0.29, 0.717) is 0 Å². The third-order valence-corrected chi connectivity index (χ3v) is 3.03. The highest BCUT2D eigenvalue weighted by Crippen LogP contribution is 2.19. The largest absolute Gasteiger partial charge is 0.493 e. The van der Waals surface area contributed by atoms with Gasteiger partial charge in [-0.1, -0.05) is 17.7 Å². The molecule has 3 N–H and O–H groups in total. The van der Waals surface area contributed by atoms with Gasteiger partial charge in [0.2, 0.25) is 5.91 Å². The fraction of sp³-hybridized carbons (Fsp3) is 0.529. The number of carbonyl (C=O) groups excluding carboxylic acids is 2. The molecule has 0 heterocycles. The number of amides is 2. The van der Waals surface area contributed by atoms with Crippen molar-refractivity contribution in [3.05, 3.63) is 29.3 Å². The number of nitrogens with one attached hydrogen (secondary N) is 1. The van der Waals surface area contributed by atoms with Gasteiger partial charge in [0.05, 0.1) is 6.61 Å². The number of ether oxygens (including phenoxy) is 2. The Labute approximate surface area is 137 Å². The van der Waals surface area contributed by atoms with E-state index in [2.05, 4.69) is 5.32 Å². The molecule has 6 nitrogen and oxygen atoms in total. The Morgan fingerprint density at radius 2 is 1.91 bits per heavy atom. The van der Waals surface area contributed by atoms with Crippen LogP contribution in [0, 0.1) is 13.8 Å². The lowest BCUT2D eigenvalue weighted by Crippen LogP contribution is -2.47. The van der Waals surface area contributed by atoms with Gasteiger partial charge in [-0.25, -0.2) is 4.79 Å². The lowest BCUT2D eigenvalue weighted by Gasteiger charge is -2.22. The predicted molar refractivity (Wildman–Crippen MR) is 88.4 cm³/mol. The van der Waals surface area contributed by atoms with Crippen molar-refractivity contribution in [2.24, 2.45) is 5.73 Å². The Kier molecular flexibility index (Phi) is 6.42. The molecule has 0 radical (unpaired) electrons. The minimum absolute atomic E-state index is 0.257. The zero-order valence-electron chi connectivity index (χ0n) is 14.4. The van der Waals surface area contributed by atoms with Crippen LogP contribution in [0.1, 0.15) is 38.3 Å². The van der Waals surface area contributed by atoms with E-state index < -0.39 is 23.6 Å². The Morgan fingerprint density at radius 3 is 2.43 bits per heavy atom. The van der Waals surface area contributed by atoms with Crippen LogP contribution in [-0.2, 0) is 9.53 Å². The van der Waals surface area contributed by atoms with Gasteiger partial charge in [0.1, 0.15) is 17.4 Å². The molecular weight excluding hydrogens is 296 g/mol. The van der Waals surface area contributed by atoms with E-state index in [-0.39, 0.29) is 13.0 Å². The molecule has 0 aliphatic rings. The second-order valence-electron chi connectivity index (χ2n) is 6.51. The van der Waals surface area contributed by atoms with Gasteiger partial charge in [-0.15, -0.1) is 0 Å².